The number of fused-ring (bicyclic) bond motifs is 1. The minimum absolute atomic E-state index is 0.0260. The second-order valence-electron chi connectivity index (χ2n) is 6.26. The number of hydrogen-bond donors (Lipinski definition) is 0. The van der Waals surface area contributed by atoms with Gasteiger partial charge >= 0.3 is 0 Å². The van der Waals surface area contributed by atoms with Crippen molar-refractivity contribution in [2.75, 3.05) is 46.5 Å². The van der Waals surface area contributed by atoms with E-state index in [1.165, 1.54) is 18.4 Å². The predicted molar refractivity (Wildman–Crippen MR) is 100 cm³/mol. The average molecular weight is 388 g/mol. The van der Waals surface area contributed by atoms with Crippen molar-refractivity contribution in [1.82, 2.24) is 9.80 Å². The lowest BCUT2D eigenvalue weighted by Gasteiger charge is -2.34. The highest BCUT2D eigenvalue weighted by atomic mass is 32.1. The molecule has 0 saturated carbocycles. The second kappa shape index (κ2) is 7.48. The minimum atomic E-state index is -0.103. The molecule has 0 N–H and O–H groups in total. The SMILES string of the molecule is COc1cc(C(=O)N2CCN(C(=O)c3cccs3)CC2)cc2c1OCCO2. The fourth-order valence-corrected chi connectivity index (χ4v) is 3.94. The van der Waals surface area contributed by atoms with Crippen molar-refractivity contribution in [3.05, 3.63) is 40.1 Å². The van der Waals surface area contributed by atoms with E-state index in [1.54, 1.807) is 21.9 Å². The molecule has 0 spiro atoms. The summed E-state index contributed by atoms with van der Waals surface area (Å²) in [7, 11) is 1.54. The van der Waals surface area contributed by atoms with Crippen LogP contribution < -0.4 is 14.2 Å². The zero-order chi connectivity index (χ0) is 18.8. The Morgan fingerprint density at radius 1 is 1.04 bits per heavy atom. The van der Waals surface area contributed by atoms with Crippen LogP contribution in [0.2, 0.25) is 0 Å². The Labute approximate surface area is 161 Å². The van der Waals surface area contributed by atoms with Gasteiger partial charge in [0.05, 0.1) is 12.0 Å². The summed E-state index contributed by atoms with van der Waals surface area (Å²) in [5, 5.41) is 1.89. The fourth-order valence-electron chi connectivity index (χ4n) is 3.25. The van der Waals surface area contributed by atoms with E-state index in [9.17, 15) is 9.59 Å². The number of ether oxygens (including phenoxy) is 3. The van der Waals surface area contributed by atoms with Crippen LogP contribution in [-0.4, -0.2) is 68.1 Å². The van der Waals surface area contributed by atoms with Crippen LogP contribution >= 0.6 is 11.3 Å². The highest BCUT2D eigenvalue weighted by Gasteiger charge is 2.28. The van der Waals surface area contributed by atoms with E-state index >= 15 is 0 Å². The normalized spacial score (nSPS) is 16.2. The third-order valence-electron chi connectivity index (χ3n) is 4.66. The Morgan fingerprint density at radius 2 is 1.74 bits per heavy atom. The summed E-state index contributed by atoms with van der Waals surface area (Å²) < 4.78 is 16.5. The van der Waals surface area contributed by atoms with Crippen LogP contribution in [-0.2, 0) is 0 Å². The van der Waals surface area contributed by atoms with Crippen molar-refractivity contribution in [2.45, 2.75) is 0 Å². The number of carbonyl (C=O) groups excluding carboxylic acids is 2. The first kappa shape index (κ1) is 17.7. The molecule has 0 radical (unpaired) electrons. The molecule has 2 amide bonds. The van der Waals surface area contributed by atoms with Gasteiger partial charge in [-0.1, -0.05) is 6.07 Å². The average Bonchev–Trinajstić information content (AvgIpc) is 3.27. The van der Waals surface area contributed by atoms with Crippen LogP contribution in [0.15, 0.2) is 29.6 Å². The molecule has 142 valence electrons. The zero-order valence-corrected chi connectivity index (χ0v) is 15.8. The van der Waals surface area contributed by atoms with E-state index in [0.29, 0.717) is 62.2 Å². The van der Waals surface area contributed by atoms with Crippen molar-refractivity contribution < 1.29 is 23.8 Å². The van der Waals surface area contributed by atoms with Crippen LogP contribution in [0.1, 0.15) is 20.0 Å². The van der Waals surface area contributed by atoms with Crippen LogP contribution in [0.3, 0.4) is 0 Å². The molecule has 2 aliphatic rings. The number of benzene rings is 1. The molecule has 0 bridgehead atoms. The maximum Gasteiger partial charge on any atom is 0.264 e. The topological polar surface area (TPSA) is 68.3 Å². The Hall–Kier alpha value is -2.74. The number of amides is 2. The van der Waals surface area contributed by atoms with Gasteiger partial charge in [0.1, 0.15) is 13.2 Å². The maximum absolute atomic E-state index is 12.9. The van der Waals surface area contributed by atoms with E-state index < -0.39 is 0 Å². The van der Waals surface area contributed by atoms with E-state index in [2.05, 4.69) is 0 Å². The second-order valence-corrected chi connectivity index (χ2v) is 7.21. The molecule has 2 aliphatic heterocycles. The first-order chi connectivity index (χ1) is 13.2. The van der Waals surface area contributed by atoms with Gasteiger partial charge in [-0.25, -0.2) is 0 Å². The highest BCUT2D eigenvalue weighted by Crippen LogP contribution is 2.40. The molecule has 0 aliphatic carbocycles. The van der Waals surface area contributed by atoms with E-state index in [0.717, 1.165) is 4.88 Å². The number of methoxy groups -OCH3 is 1. The number of nitrogens with zero attached hydrogens (tertiary/aromatic N) is 2. The fraction of sp³-hybridized carbons (Fsp3) is 0.368. The Balaban J connectivity index is 1.46. The first-order valence-corrected chi connectivity index (χ1v) is 9.65. The summed E-state index contributed by atoms with van der Waals surface area (Å²) in [4.78, 5) is 29.6. The largest absolute Gasteiger partial charge is 0.493 e. The molecule has 3 heterocycles. The zero-order valence-electron chi connectivity index (χ0n) is 15.0. The summed E-state index contributed by atoms with van der Waals surface area (Å²) in [5.41, 5.74) is 0.495. The maximum atomic E-state index is 12.9. The quantitative estimate of drug-likeness (QED) is 0.806. The number of rotatable bonds is 3. The summed E-state index contributed by atoms with van der Waals surface area (Å²) >= 11 is 1.43. The van der Waals surface area contributed by atoms with Gasteiger partial charge in [0.15, 0.2) is 11.5 Å². The van der Waals surface area contributed by atoms with Gasteiger partial charge in [0, 0.05) is 31.7 Å². The predicted octanol–water partition coefficient (Wildman–Crippen LogP) is 2.13. The Kier molecular flexibility index (Phi) is 4.89. The van der Waals surface area contributed by atoms with Gasteiger partial charge in [0.2, 0.25) is 5.75 Å². The van der Waals surface area contributed by atoms with Crippen molar-refractivity contribution in [2.24, 2.45) is 0 Å². The van der Waals surface area contributed by atoms with Crippen molar-refractivity contribution in [3.63, 3.8) is 0 Å². The van der Waals surface area contributed by atoms with E-state index in [1.807, 2.05) is 17.5 Å². The molecule has 1 aromatic heterocycles. The smallest absolute Gasteiger partial charge is 0.264 e. The summed E-state index contributed by atoms with van der Waals surface area (Å²) in [6.07, 6.45) is 0. The third-order valence-corrected chi connectivity index (χ3v) is 5.52. The molecular weight excluding hydrogens is 368 g/mol. The summed E-state index contributed by atoms with van der Waals surface area (Å²) in [6.45, 7) is 2.92. The number of hydrogen-bond acceptors (Lipinski definition) is 6. The molecule has 8 heteroatoms. The van der Waals surface area contributed by atoms with Crippen LogP contribution in [0, 0.1) is 0 Å². The lowest BCUT2D eigenvalue weighted by atomic mass is 10.1. The highest BCUT2D eigenvalue weighted by molar-refractivity contribution is 7.12. The number of carbonyl (C=O) groups is 2. The van der Waals surface area contributed by atoms with Crippen LogP contribution in [0.4, 0.5) is 0 Å². The molecule has 0 atom stereocenters. The van der Waals surface area contributed by atoms with Gasteiger partial charge in [-0.3, -0.25) is 9.59 Å². The van der Waals surface area contributed by atoms with E-state index in [4.69, 9.17) is 14.2 Å². The molecule has 1 aromatic carbocycles. The van der Waals surface area contributed by atoms with Gasteiger partial charge in [-0.2, -0.15) is 0 Å². The van der Waals surface area contributed by atoms with Gasteiger partial charge in [-0.15, -0.1) is 11.3 Å². The number of piperazine rings is 1. The molecule has 2 aromatic rings. The molecular formula is C19H20N2O5S. The summed E-state index contributed by atoms with van der Waals surface area (Å²) in [6, 6.07) is 7.07. The molecule has 1 fully saturated rings. The molecule has 0 unspecified atom stereocenters. The lowest BCUT2D eigenvalue weighted by Crippen LogP contribution is -2.50. The minimum Gasteiger partial charge on any atom is -0.493 e. The van der Waals surface area contributed by atoms with Crippen LogP contribution in [0.5, 0.6) is 17.2 Å². The van der Waals surface area contributed by atoms with E-state index in [-0.39, 0.29) is 11.8 Å². The monoisotopic (exact) mass is 388 g/mol. The lowest BCUT2D eigenvalue weighted by molar-refractivity contribution is 0.0537. The van der Waals surface area contributed by atoms with Crippen LogP contribution in [0.25, 0.3) is 0 Å². The van der Waals surface area contributed by atoms with Crippen molar-refractivity contribution in [3.8, 4) is 17.2 Å². The first-order valence-electron chi connectivity index (χ1n) is 8.77. The molecule has 4 rings (SSSR count). The summed E-state index contributed by atoms with van der Waals surface area (Å²) in [5.74, 6) is 1.47. The molecule has 1 saturated heterocycles. The standard InChI is InChI=1S/C19H20N2O5S/c1-24-14-11-13(12-15-17(14)26-9-8-25-15)18(22)20-4-6-21(7-5-20)19(23)16-3-2-10-27-16/h2-3,10-12H,4-9H2,1H3. The molecule has 7 nitrogen and oxygen atoms in total. The third kappa shape index (κ3) is 3.44. The molecule has 27 heavy (non-hydrogen) atoms. The van der Waals surface area contributed by atoms with Crippen molar-refractivity contribution >= 4 is 23.2 Å². The van der Waals surface area contributed by atoms with Gasteiger partial charge < -0.3 is 24.0 Å². The Morgan fingerprint density at radius 3 is 2.41 bits per heavy atom. The number of thiophene rings is 1. The Bertz CT molecular complexity index is 827. The van der Waals surface area contributed by atoms with Gasteiger partial charge in [0.25, 0.3) is 11.8 Å². The van der Waals surface area contributed by atoms with Crippen molar-refractivity contribution in [1.29, 1.82) is 0 Å². The van der Waals surface area contributed by atoms with Gasteiger partial charge in [-0.05, 0) is 23.6 Å².